The van der Waals surface area contributed by atoms with E-state index in [4.69, 9.17) is 5.73 Å². The van der Waals surface area contributed by atoms with E-state index in [0.29, 0.717) is 0 Å². The van der Waals surface area contributed by atoms with E-state index in [2.05, 4.69) is 21.9 Å². The second kappa shape index (κ2) is 3.75. The van der Waals surface area contributed by atoms with E-state index in [-0.39, 0.29) is 6.04 Å². The van der Waals surface area contributed by atoms with Crippen LogP contribution >= 0.6 is 0 Å². The van der Waals surface area contributed by atoms with Gasteiger partial charge in [-0.15, -0.1) is 0 Å². The lowest BCUT2D eigenvalue weighted by Gasteiger charge is -2.04. The smallest absolute Gasteiger partial charge is 0.108 e. The molecule has 0 aromatic carbocycles. The molecule has 2 heterocycles. The lowest BCUT2D eigenvalue weighted by molar-refractivity contribution is 0.630. The molecule has 0 saturated heterocycles. The van der Waals surface area contributed by atoms with Crippen molar-refractivity contribution in [2.24, 2.45) is 5.73 Å². The van der Waals surface area contributed by atoms with E-state index in [9.17, 15) is 0 Å². The van der Waals surface area contributed by atoms with Crippen LogP contribution in [0, 0.1) is 0 Å². The Kier molecular flexibility index (Phi) is 2.45. The highest BCUT2D eigenvalue weighted by molar-refractivity contribution is 5.73. The van der Waals surface area contributed by atoms with Crippen molar-refractivity contribution >= 4 is 11.0 Å². The van der Waals surface area contributed by atoms with Crippen LogP contribution in [0.4, 0.5) is 0 Å². The molecule has 4 heteroatoms. The van der Waals surface area contributed by atoms with Gasteiger partial charge in [0.2, 0.25) is 0 Å². The fraction of sp³-hybridized carbons (Fsp3) is 0.400. The standard InChI is InChI=1S/C10H14N4/c1-2-7(11)5-10-13-8-3-4-12-6-9(8)14-10/h3-4,6-7H,2,5,11H2,1H3,(H,13,14). The Morgan fingerprint density at radius 2 is 2.43 bits per heavy atom. The zero-order valence-electron chi connectivity index (χ0n) is 8.20. The summed E-state index contributed by atoms with van der Waals surface area (Å²) in [6.45, 7) is 2.08. The summed E-state index contributed by atoms with van der Waals surface area (Å²) in [4.78, 5) is 11.7. The minimum Gasteiger partial charge on any atom is -0.341 e. The molecule has 2 rings (SSSR count). The number of fused-ring (bicyclic) bond motifs is 1. The van der Waals surface area contributed by atoms with Crippen LogP contribution in [-0.2, 0) is 6.42 Å². The summed E-state index contributed by atoms with van der Waals surface area (Å²) in [5.74, 6) is 0.947. The van der Waals surface area contributed by atoms with Crippen LogP contribution in [-0.4, -0.2) is 21.0 Å². The number of nitrogens with two attached hydrogens (primary N) is 1. The van der Waals surface area contributed by atoms with E-state index in [0.717, 1.165) is 29.7 Å². The first kappa shape index (κ1) is 9.15. The van der Waals surface area contributed by atoms with Gasteiger partial charge in [-0.1, -0.05) is 6.92 Å². The Balaban J connectivity index is 2.27. The van der Waals surface area contributed by atoms with Crippen molar-refractivity contribution in [3.05, 3.63) is 24.3 Å². The van der Waals surface area contributed by atoms with Crippen LogP contribution < -0.4 is 5.73 Å². The molecule has 0 amide bonds. The zero-order valence-corrected chi connectivity index (χ0v) is 8.20. The predicted molar refractivity (Wildman–Crippen MR) is 55.9 cm³/mol. The largest absolute Gasteiger partial charge is 0.341 e. The first-order valence-corrected chi connectivity index (χ1v) is 4.83. The molecule has 0 aliphatic carbocycles. The van der Waals surface area contributed by atoms with Crippen LogP contribution in [0.5, 0.6) is 0 Å². The molecule has 0 bridgehead atoms. The third kappa shape index (κ3) is 1.75. The number of nitrogens with one attached hydrogen (secondary N) is 1. The molecule has 0 aliphatic rings. The molecule has 0 fully saturated rings. The number of H-pyrrole nitrogens is 1. The monoisotopic (exact) mass is 190 g/mol. The Bertz CT molecular complexity index is 388. The molecule has 74 valence electrons. The van der Waals surface area contributed by atoms with E-state index in [1.54, 1.807) is 12.4 Å². The van der Waals surface area contributed by atoms with Gasteiger partial charge in [-0.05, 0) is 12.5 Å². The maximum absolute atomic E-state index is 5.85. The Morgan fingerprint density at radius 1 is 1.57 bits per heavy atom. The molecule has 0 saturated carbocycles. The van der Waals surface area contributed by atoms with E-state index in [1.165, 1.54) is 0 Å². The van der Waals surface area contributed by atoms with Crippen LogP contribution in [0.3, 0.4) is 0 Å². The van der Waals surface area contributed by atoms with E-state index in [1.807, 2.05) is 6.07 Å². The SMILES string of the molecule is CCC(N)Cc1nc2ccncc2[nH]1. The normalized spacial score (nSPS) is 13.3. The highest BCUT2D eigenvalue weighted by Gasteiger charge is 2.06. The summed E-state index contributed by atoms with van der Waals surface area (Å²) in [5.41, 5.74) is 7.79. The van der Waals surface area contributed by atoms with Crippen LogP contribution in [0.15, 0.2) is 18.5 Å². The third-order valence-electron chi connectivity index (χ3n) is 2.31. The molecule has 4 nitrogen and oxygen atoms in total. The van der Waals surface area contributed by atoms with Gasteiger partial charge in [0.1, 0.15) is 5.82 Å². The number of imidazole rings is 1. The first-order chi connectivity index (χ1) is 6.79. The summed E-state index contributed by atoms with van der Waals surface area (Å²) >= 11 is 0. The van der Waals surface area contributed by atoms with Crippen molar-refractivity contribution in [3.63, 3.8) is 0 Å². The molecule has 2 aromatic rings. The Morgan fingerprint density at radius 3 is 3.14 bits per heavy atom. The number of hydrogen-bond acceptors (Lipinski definition) is 3. The van der Waals surface area contributed by atoms with E-state index < -0.39 is 0 Å². The maximum Gasteiger partial charge on any atom is 0.108 e. The predicted octanol–water partition coefficient (Wildman–Crippen LogP) is 1.24. The molecule has 2 aromatic heterocycles. The molecule has 1 unspecified atom stereocenters. The van der Waals surface area contributed by atoms with Crippen molar-refractivity contribution in [2.75, 3.05) is 0 Å². The molecule has 0 radical (unpaired) electrons. The number of hydrogen-bond donors (Lipinski definition) is 2. The summed E-state index contributed by atoms with van der Waals surface area (Å²) in [7, 11) is 0. The average Bonchev–Trinajstić information content (AvgIpc) is 2.59. The molecule has 0 spiro atoms. The van der Waals surface area contributed by atoms with Crippen LogP contribution in [0.1, 0.15) is 19.2 Å². The fourth-order valence-corrected chi connectivity index (χ4v) is 1.40. The topological polar surface area (TPSA) is 67.6 Å². The second-order valence-corrected chi connectivity index (χ2v) is 3.45. The van der Waals surface area contributed by atoms with Crippen LogP contribution in [0.25, 0.3) is 11.0 Å². The summed E-state index contributed by atoms with van der Waals surface area (Å²) in [6.07, 6.45) is 5.29. The molecular formula is C10H14N4. The van der Waals surface area contributed by atoms with Crippen molar-refractivity contribution in [1.82, 2.24) is 15.0 Å². The van der Waals surface area contributed by atoms with Crippen molar-refractivity contribution < 1.29 is 0 Å². The number of rotatable bonds is 3. The summed E-state index contributed by atoms with van der Waals surface area (Å²) in [6, 6.07) is 2.08. The summed E-state index contributed by atoms with van der Waals surface area (Å²) in [5, 5.41) is 0. The van der Waals surface area contributed by atoms with Gasteiger partial charge >= 0.3 is 0 Å². The third-order valence-corrected chi connectivity index (χ3v) is 2.31. The van der Waals surface area contributed by atoms with Crippen molar-refractivity contribution in [1.29, 1.82) is 0 Å². The maximum atomic E-state index is 5.85. The van der Waals surface area contributed by atoms with Crippen molar-refractivity contribution in [2.45, 2.75) is 25.8 Å². The van der Waals surface area contributed by atoms with E-state index >= 15 is 0 Å². The van der Waals surface area contributed by atoms with Gasteiger partial charge in [0.25, 0.3) is 0 Å². The minimum absolute atomic E-state index is 0.184. The molecule has 0 aliphatic heterocycles. The van der Waals surface area contributed by atoms with Crippen LogP contribution in [0.2, 0.25) is 0 Å². The second-order valence-electron chi connectivity index (χ2n) is 3.45. The van der Waals surface area contributed by atoms with Gasteiger partial charge in [0.15, 0.2) is 0 Å². The molecule has 1 atom stereocenters. The number of aromatic amines is 1. The quantitative estimate of drug-likeness (QED) is 0.765. The van der Waals surface area contributed by atoms with Gasteiger partial charge < -0.3 is 10.7 Å². The highest BCUT2D eigenvalue weighted by atomic mass is 14.9. The zero-order chi connectivity index (χ0) is 9.97. The first-order valence-electron chi connectivity index (χ1n) is 4.83. The minimum atomic E-state index is 0.184. The Hall–Kier alpha value is -1.42. The molecule has 14 heavy (non-hydrogen) atoms. The van der Waals surface area contributed by atoms with Gasteiger partial charge in [-0.2, -0.15) is 0 Å². The molecule has 3 N–H and O–H groups in total. The molecular weight excluding hydrogens is 176 g/mol. The van der Waals surface area contributed by atoms with Gasteiger partial charge in [0.05, 0.1) is 17.2 Å². The van der Waals surface area contributed by atoms with Gasteiger partial charge in [-0.25, -0.2) is 4.98 Å². The number of nitrogens with zero attached hydrogens (tertiary/aromatic N) is 2. The summed E-state index contributed by atoms with van der Waals surface area (Å²) < 4.78 is 0. The lowest BCUT2D eigenvalue weighted by Crippen LogP contribution is -2.21. The van der Waals surface area contributed by atoms with Gasteiger partial charge in [-0.3, -0.25) is 4.98 Å². The fourth-order valence-electron chi connectivity index (χ4n) is 1.40. The Labute approximate surface area is 82.6 Å². The lowest BCUT2D eigenvalue weighted by atomic mass is 10.2. The number of pyridine rings is 1. The number of aromatic nitrogens is 3. The van der Waals surface area contributed by atoms with Crippen molar-refractivity contribution in [3.8, 4) is 0 Å². The average molecular weight is 190 g/mol. The highest BCUT2D eigenvalue weighted by Crippen LogP contribution is 2.10. The van der Waals surface area contributed by atoms with Gasteiger partial charge in [0, 0.05) is 18.7 Å².